The lowest BCUT2D eigenvalue weighted by Crippen LogP contribution is -2.31. The number of benzene rings is 1. The molecule has 6 nitrogen and oxygen atoms in total. The van der Waals surface area contributed by atoms with Gasteiger partial charge in [-0.05, 0) is 12.1 Å². The molecule has 0 radical (unpaired) electrons. The Morgan fingerprint density at radius 3 is 2.83 bits per heavy atom. The second-order valence-corrected chi connectivity index (χ2v) is 4.66. The summed E-state index contributed by atoms with van der Waals surface area (Å²) < 4.78 is 11.3. The quantitative estimate of drug-likeness (QED) is 0.541. The molecule has 1 aromatic rings. The lowest BCUT2D eigenvalue weighted by Gasteiger charge is -2.25. The van der Waals surface area contributed by atoms with Crippen molar-refractivity contribution in [2.45, 2.75) is 6.10 Å². The summed E-state index contributed by atoms with van der Waals surface area (Å²) in [5.41, 5.74) is 10.4. The van der Waals surface area contributed by atoms with Crippen LogP contribution in [0.1, 0.15) is 0 Å². The van der Waals surface area contributed by atoms with Crippen LogP contribution in [0.2, 0.25) is 0 Å². The molecule has 1 aromatic carbocycles. The Hall–Kier alpha value is -1.89. The molecule has 1 heterocycles. The van der Waals surface area contributed by atoms with Crippen LogP contribution in [-0.4, -0.2) is 29.6 Å². The van der Waals surface area contributed by atoms with Crippen molar-refractivity contribution >= 4 is 22.9 Å². The first-order chi connectivity index (χ1) is 8.65. The molecule has 2 rings (SSSR count). The summed E-state index contributed by atoms with van der Waals surface area (Å²) >= 11 is 1.22. The third-order valence-corrected chi connectivity index (χ3v) is 3.11. The number of para-hydroxylation sites is 2. The van der Waals surface area contributed by atoms with Crippen LogP contribution < -0.4 is 20.9 Å². The van der Waals surface area contributed by atoms with E-state index in [2.05, 4.69) is 4.99 Å². The molecule has 0 aliphatic carbocycles. The van der Waals surface area contributed by atoms with E-state index in [1.807, 2.05) is 24.3 Å². The number of fused-ring (bicyclic) bond motifs is 1. The maximum atomic E-state index is 7.50. The molecule has 0 bridgehead atoms. The molecule has 96 valence electrons. The topological polar surface area (TPSA) is 107 Å². The smallest absolute Gasteiger partial charge is 0.193 e. The van der Waals surface area contributed by atoms with Crippen LogP contribution >= 0.6 is 11.8 Å². The molecule has 0 saturated carbocycles. The first kappa shape index (κ1) is 12.6. The van der Waals surface area contributed by atoms with E-state index in [0.29, 0.717) is 12.4 Å². The van der Waals surface area contributed by atoms with E-state index in [1.165, 1.54) is 11.8 Å². The Morgan fingerprint density at radius 2 is 2.11 bits per heavy atom. The minimum atomic E-state index is -0.112. The highest BCUT2D eigenvalue weighted by atomic mass is 32.2. The van der Waals surface area contributed by atoms with Crippen molar-refractivity contribution in [3.8, 4) is 11.5 Å². The second-order valence-electron chi connectivity index (χ2n) is 3.65. The van der Waals surface area contributed by atoms with E-state index in [9.17, 15) is 0 Å². The summed E-state index contributed by atoms with van der Waals surface area (Å²) in [6, 6.07) is 7.50. The monoisotopic (exact) mass is 266 g/mol. The predicted molar refractivity (Wildman–Crippen MR) is 72.3 cm³/mol. The summed E-state index contributed by atoms with van der Waals surface area (Å²) in [7, 11) is 0. The van der Waals surface area contributed by atoms with Crippen LogP contribution in [0, 0.1) is 5.41 Å². The fraction of sp³-hybridized carbons (Fsp3) is 0.273. The Balaban J connectivity index is 1.87. The zero-order chi connectivity index (χ0) is 13.0. The van der Waals surface area contributed by atoms with Gasteiger partial charge in [0.1, 0.15) is 12.7 Å². The van der Waals surface area contributed by atoms with Crippen molar-refractivity contribution < 1.29 is 9.47 Å². The van der Waals surface area contributed by atoms with Crippen molar-refractivity contribution in [1.29, 1.82) is 5.41 Å². The fourth-order valence-corrected chi connectivity index (χ4v) is 2.14. The van der Waals surface area contributed by atoms with E-state index in [0.717, 1.165) is 11.5 Å². The number of ether oxygens (including phenoxy) is 2. The lowest BCUT2D eigenvalue weighted by atomic mass is 10.3. The number of amidine groups is 1. The molecule has 0 spiro atoms. The Bertz CT molecular complexity index is 474. The number of nitrogens with one attached hydrogen (secondary N) is 1. The Morgan fingerprint density at radius 1 is 1.39 bits per heavy atom. The van der Waals surface area contributed by atoms with Gasteiger partial charge in [0, 0.05) is 5.75 Å². The molecule has 1 aliphatic rings. The number of nitrogens with two attached hydrogens (primary N) is 2. The van der Waals surface area contributed by atoms with E-state index >= 15 is 0 Å². The zero-order valence-electron chi connectivity index (χ0n) is 9.63. The summed E-state index contributed by atoms with van der Waals surface area (Å²) in [4.78, 5) is 3.63. The lowest BCUT2D eigenvalue weighted by molar-refractivity contribution is 0.107. The molecule has 1 aliphatic heterocycles. The van der Waals surface area contributed by atoms with Crippen LogP contribution in [0.25, 0.3) is 0 Å². The normalized spacial score (nSPS) is 17.0. The van der Waals surface area contributed by atoms with Gasteiger partial charge in [0.2, 0.25) is 0 Å². The van der Waals surface area contributed by atoms with Gasteiger partial charge in [-0.25, -0.2) is 0 Å². The van der Waals surface area contributed by atoms with Gasteiger partial charge in [-0.2, -0.15) is 4.99 Å². The minimum absolute atomic E-state index is 0.0671. The summed E-state index contributed by atoms with van der Waals surface area (Å²) in [6.07, 6.45) is -0.112. The van der Waals surface area contributed by atoms with Gasteiger partial charge in [-0.15, -0.1) is 0 Å². The van der Waals surface area contributed by atoms with Crippen LogP contribution in [0.15, 0.2) is 29.3 Å². The Labute approximate surface area is 109 Å². The summed E-state index contributed by atoms with van der Waals surface area (Å²) in [5, 5.41) is 7.57. The van der Waals surface area contributed by atoms with Crippen molar-refractivity contribution in [3.63, 3.8) is 0 Å². The largest absolute Gasteiger partial charge is 0.486 e. The number of guanidine groups is 1. The van der Waals surface area contributed by atoms with Gasteiger partial charge in [0.15, 0.2) is 22.6 Å². The Kier molecular flexibility index (Phi) is 3.93. The van der Waals surface area contributed by atoms with Gasteiger partial charge >= 0.3 is 0 Å². The molecule has 1 atom stereocenters. The highest BCUT2D eigenvalue weighted by molar-refractivity contribution is 8.13. The highest BCUT2D eigenvalue weighted by Crippen LogP contribution is 2.31. The van der Waals surface area contributed by atoms with Crippen LogP contribution in [-0.2, 0) is 0 Å². The van der Waals surface area contributed by atoms with Gasteiger partial charge in [-0.3, -0.25) is 5.41 Å². The van der Waals surface area contributed by atoms with Gasteiger partial charge in [-0.1, -0.05) is 23.9 Å². The average Bonchev–Trinajstić information content (AvgIpc) is 2.35. The molecular formula is C11H14N4O2S. The van der Waals surface area contributed by atoms with Crippen LogP contribution in [0.5, 0.6) is 11.5 Å². The van der Waals surface area contributed by atoms with E-state index in [4.69, 9.17) is 26.4 Å². The number of aliphatic imine (C=N–C) groups is 1. The maximum Gasteiger partial charge on any atom is 0.193 e. The molecule has 0 amide bonds. The van der Waals surface area contributed by atoms with Gasteiger partial charge in [0.25, 0.3) is 0 Å². The summed E-state index contributed by atoms with van der Waals surface area (Å²) in [5.74, 6) is 1.92. The van der Waals surface area contributed by atoms with Crippen molar-refractivity contribution in [2.75, 3.05) is 12.4 Å². The van der Waals surface area contributed by atoms with Gasteiger partial charge in [0.05, 0.1) is 0 Å². The number of hydrogen-bond donors (Lipinski definition) is 3. The molecule has 5 N–H and O–H groups in total. The molecule has 0 aromatic heterocycles. The van der Waals surface area contributed by atoms with Crippen molar-refractivity contribution in [1.82, 2.24) is 0 Å². The third kappa shape index (κ3) is 3.30. The fourth-order valence-electron chi connectivity index (χ4n) is 1.47. The molecular weight excluding hydrogens is 252 g/mol. The second kappa shape index (κ2) is 5.63. The molecule has 7 heteroatoms. The molecule has 0 fully saturated rings. The van der Waals surface area contributed by atoms with Gasteiger partial charge < -0.3 is 20.9 Å². The number of rotatable bonds is 2. The SMILES string of the molecule is N=C(N=C(N)N)SCC1COc2ccccc2O1. The maximum absolute atomic E-state index is 7.50. The predicted octanol–water partition coefficient (Wildman–Crippen LogP) is 0.768. The minimum Gasteiger partial charge on any atom is -0.486 e. The average molecular weight is 266 g/mol. The van der Waals surface area contributed by atoms with Crippen molar-refractivity contribution in [2.24, 2.45) is 16.5 Å². The van der Waals surface area contributed by atoms with E-state index in [-0.39, 0.29) is 17.2 Å². The molecule has 1 unspecified atom stereocenters. The molecule has 0 saturated heterocycles. The standard InChI is InChI=1S/C11H14N4O2S/c12-10(13)15-11(14)18-6-7-5-16-8-3-1-2-4-9(8)17-7/h1-4,7H,5-6H2,(H5,12,13,14,15). The number of thioether (sulfide) groups is 1. The van der Waals surface area contributed by atoms with E-state index in [1.54, 1.807) is 0 Å². The van der Waals surface area contributed by atoms with E-state index < -0.39 is 0 Å². The van der Waals surface area contributed by atoms with Crippen LogP contribution in [0.3, 0.4) is 0 Å². The number of hydrogen-bond acceptors (Lipinski definition) is 4. The molecule has 18 heavy (non-hydrogen) atoms. The third-order valence-electron chi connectivity index (χ3n) is 2.20. The summed E-state index contributed by atoms with van der Waals surface area (Å²) in [6.45, 7) is 0.457. The first-order valence-electron chi connectivity index (χ1n) is 5.34. The number of nitrogens with zero attached hydrogens (tertiary/aromatic N) is 1. The zero-order valence-corrected chi connectivity index (χ0v) is 10.4. The highest BCUT2D eigenvalue weighted by Gasteiger charge is 2.20. The van der Waals surface area contributed by atoms with Crippen LogP contribution in [0.4, 0.5) is 0 Å². The van der Waals surface area contributed by atoms with Crippen molar-refractivity contribution in [3.05, 3.63) is 24.3 Å². The first-order valence-corrected chi connectivity index (χ1v) is 6.33.